The zero-order chi connectivity index (χ0) is 15.6. The summed E-state index contributed by atoms with van der Waals surface area (Å²) in [7, 11) is 0. The molecule has 0 aromatic heterocycles. The molecule has 2 N–H and O–H groups in total. The molecule has 0 aliphatic carbocycles. The number of anilines is 1. The van der Waals surface area contributed by atoms with Gasteiger partial charge in [-0.05, 0) is 37.3 Å². The van der Waals surface area contributed by atoms with Gasteiger partial charge in [0.2, 0.25) is 0 Å². The fraction of sp³-hybridized carbons (Fsp3) is 0.500. The van der Waals surface area contributed by atoms with E-state index < -0.39 is 12.0 Å². The topological polar surface area (TPSA) is 69.6 Å². The van der Waals surface area contributed by atoms with Crippen LogP contribution < -0.4 is 10.2 Å². The molecule has 1 aliphatic heterocycles. The van der Waals surface area contributed by atoms with Crippen molar-refractivity contribution in [3.05, 3.63) is 29.8 Å². The predicted octanol–water partition coefficient (Wildman–Crippen LogP) is 2.65. The molecule has 2 atom stereocenters. The molecule has 5 heteroatoms. The molecule has 1 aromatic rings. The van der Waals surface area contributed by atoms with Gasteiger partial charge in [-0.2, -0.15) is 0 Å². The fourth-order valence-electron chi connectivity index (χ4n) is 2.71. The lowest BCUT2D eigenvalue weighted by atomic mass is 9.97. The number of fused-ring (bicyclic) bond motifs is 1. The molecule has 0 fully saturated rings. The van der Waals surface area contributed by atoms with Crippen molar-refractivity contribution in [1.82, 2.24) is 5.32 Å². The average molecular weight is 290 g/mol. The van der Waals surface area contributed by atoms with Gasteiger partial charge in [-0.25, -0.2) is 9.59 Å². The maximum atomic E-state index is 12.5. The van der Waals surface area contributed by atoms with E-state index in [1.807, 2.05) is 31.2 Å². The Balaban J connectivity index is 2.24. The monoisotopic (exact) mass is 290 g/mol. The number of hydrogen-bond donors (Lipinski definition) is 2. The van der Waals surface area contributed by atoms with Crippen molar-refractivity contribution >= 4 is 17.7 Å². The number of amides is 2. The highest BCUT2D eigenvalue weighted by Gasteiger charge is 2.31. The molecule has 1 aromatic carbocycles. The first kappa shape index (κ1) is 15.4. The van der Waals surface area contributed by atoms with Gasteiger partial charge in [0.25, 0.3) is 0 Å². The van der Waals surface area contributed by atoms with Crippen molar-refractivity contribution in [2.24, 2.45) is 5.92 Å². The van der Waals surface area contributed by atoms with E-state index in [-0.39, 0.29) is 18.0 Å². The maximum absolute atomic E-state index is 12.5. The third-order valence-electron chi connectivity index (χ3n) is 3.95. The number of benzene rings is 1. The lowest BCUT2D eigenvalue weighted by Crippen LogP contribution is -2.53. The van der Waals surface area contributed by atoms with E-state index in [2.05, 4.69) is 5.32 Å². The van der Waals surface area contributed by atoms with Crippen LogP contribution in [0.3, 0.4) is 0 Å². The number of carboxylic acid groups (broad SMARTS) is 1. The van der Waals surface area contributed by atoms with Crippen molar-refractivity contribution in [1.29, 1.82) is 0 Å². The molecule has 2 unspecified atom stereocenters. The molecule has 114 valence electrons. The van der Waals surface area contributed by atoms with Crippen molar-refractivity contribution in [3.8, 4) is 0 Å². The predicted molar refractivity (Wildman–Crippen MR) is 81.5 cm³/mol. The number of carbonyl (C=O) groups is 2. The molecule has 1 heterocycles. The molecule has 0 spiro atoms. The molecule has 2 rings (SSSR count). The Labute approximate surface area is 125 Å². The minimum absolute atomic E-state index is 0.0570. The molecular weight excluding hydrogens is 268 g/mol. The molecule has 0 bridgehead atoms. The highest BCUT2D eigenvalue weighted by molar-refractivity contribution is 5.96. The first-order valence-electron chi connectivity index (χ1n) is 7.32. The van der Waals surface area contributed by atoms with Crippen LogP contribution in [0.2, 0.25) is 0 Å². The Bertz CT molecular complexity index is 542. The highest BCUT2D eigenvalue weighted by atomic mass is 16.4. The third-order valence-corrected chi connectivity index (χ3v) is 3.95. The highest BCUT2D eigenvalue weighted by Crippen LogP contribution is 2.30. The van der Waals surface area contributed by atoms with Crippen LogP contribution in [-0.2, 0) is 11.2 Å². The van der Waals surface area contributed by atoms with Gasteiger partial charge in [-0.15, -0.1) is 0 Å². The molecule has 0 saturated carbocycles. The summed E-state index contributed by atoms with van der Waals surface area (Å²) in [5, 5.41) is 11.9. The lowest BCUT2D eigenvalue weighted by Gasteiger charge is -2.36. The van der Waals surface area contributed by atoms with Gasteiger partial charge in [0.05, 0.1) is 0 Å². The number of aliphatic carboxylic acids is 1. The van der Waals surface area contributed by atoms with Crippen LogP contribution in [0.15, 0.2) is 24.3 Å². The van der Waals surface area contributed by atoms with E-state index in [9.17, 15) is 14.7 Å². The van der Waals surface area contributed by atoms with Crippen LogP contribution in [0.25, 0.3) is 0 Å². The zero-order valence-corrected chi connectivity index (χ0v) is 12.7. The Morgan fingerprint density at radius 1 is 1.33 bits per heavy atom. The van der Waals surface area contributed by atoms with Gasteiger partial charge in [-0.1, -0.05) is 32.0 Å². The minimum atomic E-state index is -1.00. The van der Waals surface area contributed by atoms with Crippen molar-refractivity contribution < 1.29 is 14.7 Å². The second-order valence-electron chi connectivity index (χ2n) is 5.90. The Hall–Kier alpha value is -2.04. The van der Waals surface area contributed by atoms with Gasteiger partial charge in [-0.3, -0.25) is 4.90 Å². The number of para-hydroxylation sites is 1. The van der Waals surface area contributed by atoms with Crippen molar-refractivity contribution in [3.63, 3.8) is 0 Å². The largest absolute Gasteiger partial charge is 0.480 e. The van der Waals surface area contributed by atoms with Crippen molar-refractivity contribution in [2.75, 3.05) is 4.90 Å². The molecule has 21 heavy (non-hydrogen) atoms. The summed E-state index contributed by atoms with van der Waals surface area (Å²) in [5.41, 5.74) is 2.00. The van der Waals surface area contributed by atoms with E-state index in [4.69, 9.17) is 0 Å². The quantitative estimate of drug-likeness (QED) is 0.899. The van der Waals surface area contributed by atoms with Crippen LogP contribution in [-0.4, -0.2) is 29.2 Å². The number of rotatable bonds is 3. The van der Waals surface area contributed by atoms with Crippen LogP contribution in [0.4, 0.5) is 10.5 Å². The maximum Gasteiger partial charge on any atom is 0.326 e. The van der Waals surface area contributed by atoms with Gasteiger partial charge < -0.3 is 10.4 Å². The average Bonchev–Trinajstić information content (AvgIpc) is 2.43. The second kappa shape index (κ2) is 6.16. The summed E-state index contributed by atoms with van der Waals surface area (Å²) in [4.78, 5) is 25.5. The molecule has 5 nitrogen and oxygen atoms in total. The van der Waals surface area contributed by atoms with Gasteiger partial charge in [0.15, 0.2) is 0 Å². The Morgan fingerprint density at radius 3 is 2.62 bits per heavy atom. The van der Waals surface area contributed by atoms with Gasteiger partial charge in [0.1, 0.15) is 6.04 Å². The summed E-state index contributed by atoms with van der Waals surface area (Å²) >= 11 is 0. The number of carbonyl (C=O) groups excluding carboxylic acids is 1. The molecule has 2 amide bonds. The van der Waals surface area contributed by atoms with Crippen LogP contribution in [0.1, 0.15) is 32.8 Å². The Kier molecular flexibility index (Phi) is 4.50. The number of carboxylic acids is 1. The number of nitrogens with one attached hydrogen (secondary N) is 1. The number of urea groups is 1. The van der Waals surface area contributed by atoms with E-state index in [0.29, 0.717) is 0 Å². The molecule has 0 radical (unpaired) electrons. The van der Waals surface area contributed by atoms with Crippen LogP contribution in [0, 0.1) is 5.92 Å². The zero-order valence-electron chi connectivity index (χ0n) is 12.7. The third kappa shape index (κ3) is 3.17. The molecular formula is C16H22N2O3. The summed E-state index contributed by atoms with van der Waals surface area (Å²) in [5.74, 6) is -1.17. The number of aryl methyl sites for hydroxylation is 1. The van der Waals surface area contributed by atoms with E-state index in [1.54, 1.807) is 18.7 Å². The fourth-order valence-corrected chi connectivity index (χ4v) is 2.71. The summed E-state index contributed by atoms with van der Waals surface area (Å²) in [6.45, 7) is 5.56. The first-order valence-corrected chi connectivity index (χ1v) is 7.32. The van der Waals surface area contributed by atoms with E-state index >= 15 is 0 Å². The summed E-state index contributed by atoms with van der Waals surface area (Å²) in [6.07, 6.45) is 1.82. The SMILES string of the molecule is CC(C)C(NC(=O)N1c2ccccc2CCC1C)C(=O)O. The summed E-state index contributed by atoms with van der Waals surface area (Å²) < 4.78 is 0. The lowest BCUT2D eigenvalue weighted by molar-refractivity contribution is -0.140. The number of hydrogen-bond acceptors (Lipinski definition) is 2. The van der Waals surface area contributed by atoms with Crippen molar-refractivity contribution in [2.45, 2.75) is 45.7 Å². The van der Waals surface area contributed by atoms with Crippen LogP contribution >= 0.6 is 0 Å². The van der Waals surface area contributed by atoms with E-state index in [0.717, 1.165) is 24.1 Å². The standard InChI is InChI=1S/C16H22N2O3/c1-10(2)14(15(19)20)17-16(21)18-11(3)8-9-12-6-4-5-7-13(12)18/h4-7,10-11,14H,8-9H2,1-3H3,(H,17,21)(H,19,20). The van der Waals surface area contributed by atoms with Gasteiger partial charge >= 0.3 is 12.0 Å². The first-order chi connectivity index (χ1) is 9.91. The molecule has 1 aliphatic rings. The van der Waals surface area contributed by atoms with E-state index in [1.165, 1.54) is 0 Å². The molecule has 0 saturated heterocycles. The Morgan fingerprint density at radius 2 is 2.00 bits per heavy atom. The smallest absolute Gasteiger partial charge is 0.326 e. The minimum Gasteiger partial charge on any atom is -0.480 e. The normalized spacial score (nSPS) is 19.0. The second-order valence-corrected chi connectivity index (χ2v) is 5.90. The van der Waals surface area contributed by atoms with Crippen LogP contribution in [0.5, 0.6) is 0 Å². The number of nitrogens with zero attached hydrogens (tertiary/aromatic N) is 1. The van der Waals surface area contributed by atoms with Gasteiger partial charge in [0, 0.05) is 11.7 Å². The summed E-state index contributed by atoms with van der Waals surface area (Å²) in [6, 6.07) is 6.62.